The van der Waals surface area contributed by atoms with Crippen LogP contribution in [0.4, 0.5) is 22.9 Å². The third-order valence-electron chi connectivity index (χ3n) is 5.81. The first kappa shape index (κ1) is 17.4. The van der Waals surface area contributed by atoms with E-state index in [1.54, 1.807) is 17.7 Å². The van der Waals surface area contributed by atoms with Crippen LogP contribution in [0, 0.1) is 5.41 Å². The molecule has 1 aromatic carbocycles. The van der Waals surface area contributed by atoms with Gasteiger partial charge in [-0.2, -0.15) is 0 Å². The average Bonchev–Trinajstić information content (AvgIpc) is 3.37. The molecule has 0 spiro atoms. The Bertz CT molecular complexity index is 1050. The number of nitrogens with zero attached hydrogens (tertiary/aromatic N) is 3. The van der Waals surface area contributed by atoms with E-state index in [9.17, 15) is 0 Å². The minimum atomic E-state index is 0.642. The fourth-order valence-corrected chi connectivity index (χ4v) is 5.61. The van der Waals surface area contributed by atoms with Gasteiger partial charge in [-0.25, -0.2) is 9.97 Å². The van der Waals surface area contributed by atoms with E-state index in [2.05, 4.69) is 20.2 Å². The number of thiophene rings is 1. The smallest absolute Gasteiger partial charge is 0.142 e. The number of fused-ring (bicyclic) bond motifs is 3. The van der Waals surface area contributed by atoms with Crippen molar-refractivity contribution in [3.8, 4) is 0 Å². The first-order valence-electron chi connectivity index (χ1n) is 9.96. The van der Waals surface area contributed by atoms with Gasteiger partial charge in [-0.05, 0) is 56.2 Å². The van der Waals surface area contributed by atoms with Crippen molar-refractivity contribution >= 4 is 50.6 Å². The maximum absolute atomic E-state index is 7.70. The van der Waals surface area contributed by atoms with Crippen LogP contribution in [0.2, 0.25) is 0 Å². The SMILES string of the molecule is N=Cc1cc(Nc2ncnc3sc4c(c23)CCCC4)c(N2CCCC2)cc1N. The highest BCUT2D eigenvalue weighted by atomic mass is 32.1. The number of aryl methyl sites for hydroxylation is 2. The quantitative estimate of drug-likeness (QED) is 0.449. The van der Waals surface area contributed by atoms with E-state index in [0.29, 0.717) is 5.69 Å². The molecule has 0 radical (unpaired) electrons. The van der Waals surface area contributed by atoms with Crippen molar-refractivity contribution in [2.24, 2.45) is 0 Å². The van der Waals surface area contributed by atoms with Crippen LogP contribution < -0.4 is 16.0 Å². The Balaban J connectivity index is 1.63. The maximum atomic E-state index is 7.70. The summed E-state index contributed by atoms with van der Waals surface area (Å²) >= 11 is 1.81. The standard InChI is InChI=1S/C21H24N6S/c22-11-13-9-16(17(10-15(13)23)27-7-3-4-8-27)26-20-19-14-5-1-2-6-18(14)28-21(19)25-12-24-20/h9-12,22H,1-8,23H2,(H,24,25,26). The molecule has 7 heteroatoms. The molecule has 0 atom stereocenters. The summed E-state index contributed by atoms with van der Waals surface area (Å²) < 4.78 is 0. The average molecular weight is 393 g/mol. The first-order chi connectivity index (χ1) is 13.7. The molecule has 1 fully saturated rings. The van der Waals surface area contributed by atoms with Gasteiger partial charge in [0.05, 0.1) is 16.8 Å². The number of nitrogens with two attached hydrogens (primary N) is 1. The van der Waals surface area contributed by atoms with E-state index in [4.69, 9.17) is 11.1 Å². The summed E-state index contributed by atoms with van der Waals surface area (Å²) in [7, 11) is 0. The summed E-state index contributed by atoms with van der Waals surface area (Å²) in [6.45, 7) is 2.07. The zero-order chi connectivity index (χ0) is 19.1. The largest absolute Gasteiger partial charge is 0.398 e. The normalized spacial score (nSPS) is 16.4. The van der Waals surface area contributed by atoms with Crippen molar-refractivity contribution in [1.82, 2.24) is 9.97 Å². The summed E-state index contributed by atoms with van der Waals surface area (Å²) in [5.41, 5.74) is 11.0. The van der Waals surface area contributed by atoms with E-state index in [0.717, 1.165) is 53.5 Å². The first-order valence-corrected chi connectivity index (χ1v) is 10.8. The second-order valence-corrected chi connectivity index (χ2v) is 8.66. The topological polar surface area (TPSA) is 90.9 Å². The number of nitrogen functional groups attached to an aromatic ring is 1. The van der Waals surface area contributed by atoms with Crippen LogP contribution in [0.15, 0.2) is 18.5 Å². The molecule has 1 aliphatic heterocycles. The molecule has 5 rings (SSSR count). The van der Waals surface area contributed by atoms with Crippen LogP contribution in [0.3, 0.4) is 0 Å². The van der Waals surface area contributed by atoms with Gasteiger partial charge in [0.25, 0.3) is 0 Å². The molecule has 6 nitrogen and oxygen atoms in total. The van der Waals surface area contributed by atoms with Crippen LogP contribution in [0.25, 0.3) is 10.2 Å². The van der Waals surface area contributed by atoms with E-state index in [1.165, 1.54) is 47.7 Å². The molecule has 0 bridgehead atoms. The van der Waals surface area contributed by atoms with Crippen molar-refractivity contribution in [3.05, 3.63) is 34.5 Å². The molecule has 0 amide bonds. The fourth-order valence-electron chi connectivity index (χ4n) is 4.38. The van der Waals surface area contributed by atoms with Gasteiger partial charge in [-0.3, -0.25) is 0 Å². The highest BCUT2D eigenvalue weighted by Crippen LogP contribution is 2.41. The second-order valence-electron chi connectivity index (χ2n) is 7.58. The Labute approximate surface area is 168 Å². The van der Waals surface area contributed by atoms with Gasteiger partial charge in [0.1, 0.15) is 17.0 Å². The van der Waals surface area contributed by atoms with Crippen LogP contribution in [0.1, 0.15) is 41.7 Å². The fraction of sp³-hybridized carbons (Fsp3) is 0.381. The predicted molar refractivity (Wildman–Crippen MR) is 118 cm³/mol. The molecule has 1 saturated heterocycles. The molecule has 2 aliphatic rings. The molecule has 3 aromatic rings. The zero-order valence-electron chi connectivity index (χ0n) is 15.8. The molecule has 28 heavy (non-hydrogen) atoms. The minimum Gasteiger partial charge on any atom is -0.398 e. The van der Waals surface area contributed by atoms with Crippen LogP contribution in [-0.2, 0) is 12.8 Å². The molecule has 1 aliphatic carbocycles. The van der Waals surface area contributed by atoms with Crippen LogP contribution in [0.5, 0.6) is 0 Å². The Kier molecular flexibility index (Phi) is 4.39. The minimum absolute atomic E-state index is 0.642. The van der Waals surface area contributed by atoms with E-state index in [-0.39, 0.29) is 0 Å². The molecule has 0 saturated carbocycles. The summed E-state index contributed by atoms with van der Waals surface area (Å²) in [5, 5.41) is 12.5. The maximum Gasteiger partial charge on any atom is 0.142 e. The van der Waals surface area contributed by atoms with Gasteiger partial charge < -0.3 is 21.4 Å². The van der Waals surface area contributed by atoms with Gasteiger partial charge >= 0.3 is 0 Å². The monoisotopic (exact) mass is 392 g/mol. The number of aromatic nitrogens is 2. The Morgan fingerprint density at radius 2 is 1.93 bits per heavy atom. The van der Waals surface area contributed by atoms with Crippen LogP contribution >= 0.6 is 11.3 Å². The Morgan fingerprint density at radius 1 is 1.11 bits per heavy atom. The molecule has 3 heterocycles. The lowest BCUT2D eigenvalue weighted by Gasteiger charge is -2.23. The third kappa shape index (κ3) is 2.90. The van der Waals surface area contributed by atoms with Crippen molar-refractivity contribution in [2.75, 3.05) is 29.0 Å². The number of hydrogen-bond donors (Lipinski definition) is 3. The highest BCUT2D eigenvalue weighted by molar-refractivity contribution is 7.19. The third-order valence-corrected chi connectivity index (χ3v) is 7.01. The summed E-state index contributed by atoms with van der Waals surface area (Å²) in [6, 6.07) is 3.97. The Morgan fingerprint density at radius 3 is 2.75 bits per heavy atom. The number of anilines is 4. The lowest BCUT2D eigenvalue weighted by atomic mass is 9.97. The summed E-state index contributed by atoms with van der Waals surface area (Å²) in [6.07, 6.45) is 10.1. The van der Waals surface area contributed by atoms with Gasteiger partial charge in [0.2, 0.25) is 0 Å². The second kappa shape index (κ2) is 7.05. The molecular formula is C21H24N6S. The van der Waals surface area contributed by atoms with Crippen molar-refractivity contribution in [3.63, 3.8) is 0 Å². The molecule has 4 N–H and O–H groups in total. The van der Waals surface area contributed by atoms with Crippen molar-refractivity contribution in [1.29, 1.82) is 5.41 Å². The molecule has 0 unspecified atom stereocenters. The zero-order valence-corrected chi connectivity index (χ0v) is 16.6. The van der Waals surface area contributed by atoms with Crippen molar-refractivity contribution in [2.45, 2.75) is 38.5 Å². The molecular weight excluding hydrogens is 368 g/mol. The summed E-state index contributed by atoms with van der Waals surface area (Å²) in [4.78, 5) is 14.0. The number of hydrogen-bond acceptors (Lipinski definition) is 7. The molecule has 2 aromatic heterocycles. The highest BCUT2D eigenvalue weighted by Gasteiger charge is 2.22. The van der Waals surface area contributed by atoms with E-state index in [1.807, 2.05) is 12.1 Å². The van der Waals surface area contributed by atoms with Crippen molar-refractivity contribution < 1.29 is 0 Å². The number of benzene rings is 1. The molecule has 144 valence electrons. The van der Waals surface area contributed by atoms with E-state index >= 15 is 0 Å². The number of nitrogens with one attached hydrogen (secondary N) is 2. The lowest BCUT2D eigenvalue weighted by molar-refractivity contribution is 0.700. The summed E-state index contributed by atoms with van der Waals surface area (Å²) in [5.74, 6) is 0.866. The van der Waals surface area contributed by atoms with Gasteiger partial charge in [-0.1, -0.05) is 0 Å². The van der Waals surface area contributed by atoms with Gasteiger partial charge in [0.15, 0.2) is 0 Å². The Hall–Kier alpha value is -2.67. The number of rotatable bonds is 4. The lowest BCUT2D eigenvalue weighted by Crippen LogP contribution is -2.19. The van der Waals surface area contributed by atoms with Gasteiger partial charge in [-0.15, -0.1) is 11.3 Å². The van der Waals surface area contributed by atoms with Gasteiger partial charge in [0, 0.05) is 35.4 Å². The van der Waals surface area contributed by atoms with E-state index < -0.39 is 0 Å². The van der Waals surface area contributed by atoms with Crippen LogP contribution in [-0.4, -0.2) is 29.3 Å². The predicted octanol–water partition coefficient (Wildman–Crippen LogP) is 4.49.